The van der Waals surface area contributed by atoms with Crippen molar-refractivity contribution in [2.24, 2.45) is 0 Å². The number of aromatic nitrogens is 4. The molecule has 2 aromatic rings. The molecule has 3 heterocycles. The Labute approximate surface area is 104 Å². The number of aryl methyl sites for hydroxylation is 1. The molecule has 0 aromatic carbocycles. The van der Waals surface area contributed by atoms with Crippen LogP contribution in [0, 0.1) is 6.92 Å². The molecule has 0 saturated carbocycles. The normalized spacial score (nSPS) is 22.6. The Hall–Kier alpha value is -1.70. The molecule has 1 aliphatic heterocycles. The molecular formula is C10H13N5O2S. The predicted octanol–water partition coefficient (Wildman–Crippen LogP) is 0.0765. The van der Waals surface area contributed by atoms with Gasteiger partial charge in [0.05, 0.1) is 28.6 Å². The molecule has 1 saturated heterocycles. The first-order valence-corrected chi connectivity index (χ1v) is 7.46. The van der Waals surface area contributed by atoms with Gasteiger partial charge in [-0.05, 0) is 13.3 Å². The first-order chi connectivity index (χ1) is 8.48. The van der Waals surface area contributed by atoms with Crippen molar-refractivity contribution in [2.45, 2.75) is 19.4 Å². The van der Waals surface area contributed by atoms with E-state index in [2.05, 4.69) is 15.1 Å². The second-order valence-corrected chi connectivity index (χ2v) is 6.77. The molecule has 3 rings (SSSR count). The SMILES string of the molecule is Cc1nn(C2CCS(=O)(=O)C2)c2ncnc(N)c12. The topological polar surface area (TPSA) is 104 Å². The fourth-order valence-electron chi connectivity index (χ4n) is 2.39. The lowest BCUT2D eigenvalue weighted by Crippen LogP contribution is -2.13. The summed E-state index contributed by atoms with van der Waals surface area (Å²) in [6.07, 6.45) is 1.95. The molecule has 0 aliphatic carbocycles. The van der Waals surface area contributed by atoms with Crippen molar-refractivity contribution in [1.29, 1.82) is 0 Å². The van der Waals surface area contributed by atoms with E-state index in [4.69, 9.17) is 5.73 Å². The van der Waals surface area contributed by atoms with E-state index < -0.39 is 9.84 Å². The van der Waals surface area contributed by atoms with E-state index in [9.17, 15) is 8.42 Å². The highest BCUT2D eigenvalue weighted by Gasteiger charge is 2.31. The fraction of sp³-hybridized carbons (Fsp3) is 0.500. The molecule has 7 nitrogen and oxygen atoms in total. The van der Waals surface area contributed by atoms with Crippen molar-refractivity contribution < 1.29 is 8.42 Å². The number of fused-ring (bicyclic) bond motifs is 1. The number of nitrogens with zero attached hydrogens (tertiary/aromatic N) is 4. The molecular weight excluding hydrogens is 254 g/mol. The van der Waals surface area contributed by atoms with Crippen LogP contribution < -0.4 is 5.73 Å². The lowest BCUT2D eigenvalue weighted by Gasteiger charge is -2.08. The van der Waals surface area contributed by atoms with E-state index >= 15 is 0 Å². The van der Waals surface area contributed by atoms with Crippen molar-refractivity contribution in [3.8, 4) is 0 Å². The predicted molar refractivity (Wildman–Crippen MR) is 66.8 cm³/mol. The van der Waals surface area contributed by atoms with Crippen molar-refractivity contribution in [3.63, 3.8) is 0 Å². The van der Waals surface area contributed by atoms with Gasteiger partial charge >= 0.3 is 0 Å². The summed E-state index contributed by atoms with van der Waals surface area (Å²) >= 11 is 0. The smallest absolute Gasteiger partial charge is 0.163 e. The number of nitrogens with two attached hydrogens (primary N) is 1. The van der Waals surface area contributed by atoms with Crippen LogP contribution in [0.4, 0.5) is 5.82 Å². The highest BCUT2D eigenvalue weighted by molar-refractivity contribution is 7.91. The van der Waals surface area contributed by atoms with E-state index in [1.54, 1.807) is 4.68 Å². The molecule has 0 amide bonds. The first kappa shape index (κ1) is 11.4. The third-order valence-corrected chi connectivity index (χ3v) is 5.00. The summed E-state index contributed by atoms with van der Waals surface area (Å²) in [4.78, 5) is 8.10. The largest absolute Gasteiger partial charge is 0.383 e. The molecule has 96 valence electrons. The highest BCUT2D eigenvalue weighted by Crippen LogP contribution is 2.28. The third kappa shape index (κ3) is 1.64. The maximum Gasteiger partial charge on any atom is 0.163 e. The van der Waals surface area contributed by atoms with Crippen molar-refractivity contribution in [3.05, 3.63) is 12.0 Å². The fourth-order valence-corrected chi connectivity index (χ4v) is 4.08. The summed E-state index contributed by atoms with van der Waals surface area (Å²) in [6.45, 7) is 1.82. The van der Waals surface area contributed by atoms with Crippen molar-refractivity contribution >= 4 is 26.7 Å². The Morgan fingerprint density at radius 3 is 2.89 bits per heavy atom. The number of rotatable bonds is 1. The van der Waals surface area contributed by atoms with Gasteiger partial charge in [0.2, 0.25) is 0 Å². The molecule has 2 N–H and O–H groups in total. The number of hydrogen-bond donors (Lipinski definition) is 1. The molecule has 1 unspecified atom stereocenters. The van der Waals surface area contributed by atoms with E-state index in [1.165, 1.54) is 6.33 Å². The zero-order chi connectivity index (χ0) is 12.9. The van der Waals surface area contributed by atoms with Crippen LogP contribution in [-0.2, 0) is 9.84 Å². The average Bonchev–Trinajstić information content (AvgIpc) is 2.81. The van der Waals surface area contributed by atoms with Gasteiger partial charge in [-0.25, -0.2) is 23.1 Å². The number of hydrogen-bond acceptors (Lipinski definition) is 6. The second kappa shape index (κ2) is 3.64. The first-order valence-electron chi connectivity index (χ1n) is 5.63. The van der Waals surface area contributed by atoms with Gasteiger partial charge in [0.25, 0.3) is 0 Å². The summed E-state index contributed by atoms with van der Waals surface area (Å²) in [7, 11) is -2.95. The van der Waals surface area contributed by atoms with Crippen LogP contribution in [0.25, 0.3) is 11.0 Å². The van der Waals surface area contributed by atoms with Gasteiger partial charge in [-0.2, -0.15) is 5.10 Å². The molecule has 0 spiro atoms. The maximum absolute atomic E-state index is 11.5. The lowest BCUT2D eigenvalue weighted by atomic mass is 10.2. The molecule has 1 fully saturated rings. The average molecular weight is 267 g/mol. The van der Waals surface area contributed by atoms with E-state index in [1.807, 2.05) is 6.92 Å². The van der Waals surface area contributed by atoms with Gasteiger partial charge in [-0.15, -0.1) is 0 Å². The van der Waals surface area contributed by atoms with Gasteiger partial charge in [0.15, 0.2) is 15.5 Å². The summed E-state index contributed by atoms with van der Waals surface area (Å²) in [5, 5.41) is 5.08. The van der Waals surface area contributed by atoms with Gasteiger partial charge in [-0.3, -0.25) is 0 Å². The molecule has 0 radical (unpaired) electrons. The zero-order valence-electron chi connectivity index (χ0n) is 9.87. The molecule has 1 atom stereocenters. The van der Waals surface area contributed by atoms with Crippen LogP contribution >= 0.6 is 0 Å². The minimum Gasteiger partial charge on any atom is -0.383 e. The Kier molecular flexibility index (Phi) is 2.31. The third-order valence-electron chi connectivity index (χ3n) is 3.25. The lowest BCUT2D eigenvalue weighted by molar-refractivity contribution is 0.509. The second-order valence-electron chi connectivity index (χ2n) is 4.54. The Morgan fingerprint density at radius 1 is 1.44 bits per heavy atom. The van der Waals surface area contributed by atoms with Crippen molar-refractivity contribution in [1.82, 2.24) is 19.7 Å². The van der Waals surface area contributed by atoms with E-state index in [0.29, 0.717) is 23.3 Å². The van der Waals surface area contributed by atoms with Crippen LogP contribution in [0.2, 0.25) is 0 Å². The summed E-state index contributed by atoms with van der Waals surface area (Å²) < 4.78 is 24.7. The van der Waals surface area contributed by atoms with Gasteiger partial charge < -0.3 is 5.73 Å². The number of nitrogen functional groups attached to an aromatic ring is 1. The summed E-state index contributed by atoms with van der Waals surface area (Å²) in [5.41, 5.74) is 7.14. The van der Waals surface area contributed by atoms with E-state index in [0.717, 1.165) is 5.69 Å². The zero-order valence-corrected chi connectivity index (χ0v) is 10.7. The highest BCUT2D eigenvalue weighted by atomic mass is 32.2. The van der Waals surface area contributed by atoms with Crippen LogP contribution in [0.3, 0.4) is 0 Å². The van der Waals surface area contributed by atoms with Crippen LogP contribution in [0.1, 0.15) is 18.2 Å². The molecule has 0 bridgehead atoms. The van der Waals surface area contributed by atoms with Gasteiger partial charge in [-0.1, -0.05) is 0 Å². The maximum atomic E-state index is 11.5. The minimum absolute atomic E-state index is 0.118. The van der Waals surface area contributed by atoms with Crippen LogP contribution in [0.5, 0.6) is 0 Å². The van der Waals surface area contributed by atoms with E-state index in [-0.39, 0.29) is 17.5 Å². The monoisotopic (exact) mass is 267 g/mol. The van der Waals surface area contributed by atoms with Crippen molar-refractivity contribution in [2.75, 3.05) is 17.2 Å². The Balaban J connectivity index is 2.17. The number of anilines is 1. The Bertz CT molecular complexity index is 721. The molecule has 8 heteroatoms. The quantitative estimate of drug-likeness (QED) is 0.784. The molecule has 1 aliphatic rings. The molecule has 18 heavy (non-hydrogen) atoms. The Morgan fingerprint density at radius 2 is 2.22 bits per heavy atom. The van der Waals surface area contributed by atoms with Crippen LogP contribution in [0.15, 0.2) is 6.33 Å². The number of sulfone groups is 1. The van der Waals surface area contributed by atoms with Gasteiger partial charge in [0, 0.05) is 0 Å². The standard InChI is InChI=1S/C10H13N5O2S/c1-6-8-9(11)12-5-13-10(8)15(14-6)7-2-3-18(16,17)4-7/h5,7H,2-4H2,1H3,(H2,11,12,13). The summed E-state index contributed by atoms with van der Waals surface area (Å²) in [6, 6.07) is -0.152. The van der Waals surface area contributed by atoms with Crippen LogP contribution in [-0.4, -0.2) is 39.7 Å². The van der Waals surface area contributed by atoms with Gasteiger partial charge in [0.1, 0.15) is 12.1 Å². The minimum atomic E-state index is -2.95. The summed E-state index contributed by atoms with van der Waals surface area (Å²) in [5.74, 6) is 0.704. The molecule has 2 aromatic heterocycles.